The summed E-state index contributed by atoms with van der Waals surface area (Å²) in [7, 11) is 1.72. The molecule has 0 aliphatic carbocycles. The summed E-state index contributed by atoms with van der Waals surface area (Å²) in [6, 6.07) is 10.5. The Labute approximate surface area is 152 Å². The molecule has 2 heterocycles. The summed E-state index contributed by atoms with van der Waals surface area (Å²) in [6.07, 6.45) is 3.43. The molecule has 1 fully saturated rings. The Kier molecular flexibility index (Phi) is 5.80. The van der Waals surface area contributed by atoms with E-state index in [0.29, 0.717) is 44.1 Å². The molecule has 0 bridgehead atoms. The molecule has 0 spiro atoms. The molecule has 7 heteroatoms. The second kappa shape index (κ2) is 8.44. The first-order chi connectivity index (χ1) is 12.6. The van der Waals surface area contributed by atoms with Crippen LogP contribution in [0.4, 0.5) is 10.5 Å². The third-order valence-electron chi connectivity index (χ3n) is 4.17. The number of nitrogens with zero attached hydrogens (tertiary/aromatic N) is 3. The zero-order valence-electron chi connectivity index (χ0n) is 14.7. The predicted molar refractivity (Wildman–Crippen MR) is 97.9 cm³/mol. The van der Waals surface area contributed by atoms with Crippen molar-refractivity contribution in [3.63, 3.8) is 0 Å². The third kappa shape index (κ3) is 4.58. The van der Waals surface area contributed by atoms with E-state index in [1.54, 1.807) is 53.5 Å². The zero-order valence-corrected chi connectivity index (χ0v) is 14.7. The van der Waals surface area contributed by atoms with Gasteiger partial charge in [0.2, 0.25) is 0 Å². The smallest absolute Gasteiger partial charge is 0.321 e. The van der Waals surface area contributed by atoms with Crippen molar-refractivity contribution >= 4 is 17.6 Å². The molecule has 1 aromatic heterocycles. The van der Waals surface area contributed by atoms with Gasteiger partial charge in [-0.05, 0) is 35.9 Å². The van der Waals surface area contributed by atoms with Crippen LogP contribution in [0.1, 0.15) is 15.9 Å². The van der Waals surface area contributed by atoms with Crippen LogP contribution in [-0.2, 0) is 11.3 Å². The van der Waals surface area contributed by atoms with Gasteiger partial charge >= 0.3 is 6.03 Å². The number of carbonyl (C=O) groups is 2. The average molecular weight is 354 g/mol. The lowest BCUT2D eigenvalue weighted by Crippen LogP contribution is -2.40. The van der Waals surface area contributed by atoms with Crippen LogP contribution >= 0.6 is 0 Å². The Morgan fingerprint density at radius 1 is 1.19 bits per heavy atom. The summed E-state index contributed by atoms with van der Waals surface area (Å²) >= 11 is 0. The molecule has 0 saturated carbocycles. The zero-order chi connectivity index (χ0) is 18.4. The first-order valence-electron chi connectivity index (χ1n) is 8.51. The molecule has 1 N–H and O–H groups in total. The molecule has 0 radical (unpaired) electrons. The topological polar surface area (TPSA) is 74.8 Å². The molecule has 26 heavy (non-hydrogen) atoms. The number of urea groups is 1. The molecule has 0 unspecified atom stereocenters. The number of amides is 3. The number of morpholine rings is 1. The van der Waals surface area contributed by atoms with Gasteiger partial charge in [-0.1, -0.05) is 6.07 Å². The van der Waals surface area contributed by atoms with Gasteiger partial charge in [0.25, 0.3) is 5.91 Å². The highest BCUT2D eigenvalue weighted by Gasteiger charge is 2.18. The monoisotopic (exact) mass is 354 g/mol. The van der Waals surface area contributed by atoms with Crippen molar-refractivity contribution < 1.29 is 14.3 Å². The van der Waals surface area contributed by atoms with Gasteiger partial charge in [0.05, 0.1) is 13.2 Å². The van der Waals surface area contributed by atoms with Gasteiger partial charge in [-0.2, -0.15) is 0 Å². The third-order valence-corrected chi connectivity index (χ3v) is 4.17. The molecule has 1 aliphatic rings. The Hall–Kier alpha value is -2.93. The minimum atomic E-state index is -0.221. The van der Waals surface area contributed by atoms with E-state index >= 15 is 0 Å². The van der Waals surface area contributed by atoms with E-state index in [9.17, 15) is 9.59 Å². The highest BCUT2D eigenvalue weighted by molar-refractivity contribution is 5.95. The molecule has 136 valence electrons. The van der Waals surface area contributed by atoms with Crippen LogP contribution in [0.5, 0.6) is 0 Å². The van der Waals surface area contributed by atoms with Crippen LogP contribution in [0.25, 0.3) is 0 Å². The Balaban J connectivity index is 1.56. The van der Waals surface area contributed by atoms with Crippen molar-refractivity contribution in [2.45, 2.75) is 6.54 Å². The molecule has 1 saturated heterocycles. The lowest BCUT2D eigenvalue weighted by molar-refractivity contribution is 0.0303. The van der Waals surface area contributed by atoms with Crippen molar-refractivity contribution in [1.82, 2.24) is 14.8 Å². The van der Waals surface area contributed by atoms with Crippen molar-refractivity contribution in [1.29, 1.82) is 0 Å². The number of hydrogen-bond acceptors (Lipinski definition) is 4. The number of nitrogens with one attached hydrogen (secondary N) is 1. The van der Waals surface area contributed by atoms with Crippen LogP contribution in [0.2, 0.25) is 0 Å². The second-order valence-corrected chi connectivity index (χ2v) is 6.13. The highest BCUT2D eigenvalue weighted by atomic mass is 16.5. The number of pyridine rings is 1. The predicted octanol–water partition coefficient (Wildman–Crippen LogP) is 2.22. The first-order valence-corrected chi connectivity index (χ1v) is 8.51. The number of aromatic nitrogens is 1. The molecule has 3 rings (SSSR count). The molecule has 3 amide bonds. The maximum atomic E-state index is 12.4. The number of anilines is 1. The summed E-state index contributed by atoms with van der Waals surface area (Å²) in [4.78, 5) is 32.1. The minimum absolute atomic E-state index is 0.0140. The fourth-order valence-electron chi connectivity index (χ4n) is 2.70. The van der Waals surface area contributed by atoms with E-state index in [1.165, 1.54) is 0 Å². The van der Waals surface area contributed by atoms with E-state index in [4.69, 9.17) is 4.74 Å². The summed E-state index contributed by atoms with van der Waals surface area (Å²) < 4.78 is 5.26. The van der Waals surface area contributed by atoms with Gasteiger partial charge in [-0.25, -0.2) is 4.79 Å². The molecule has 0 atom stereocenters. The van der Waals surface area contributed by atoms with Crippen molar-refractivity contribution in [2.75, 3.05) is 38.7 Å². The van der Waals surface area contributed by atoms with Gasteiger partial charge in [0, 0.05) is 50.3 Å². The number of ether oxygens (including phenoxy) is 1. The van der Waals surface area contributed by atoms with Gasteiger partial charge in [-0.15, -0.1) is 0 Å². The number of rotatable bonds is 4. The lowest BCUT2D eigenvalue weighted by atomic mass is 10.1. The van der Waals surface area contributed by atoms with Gasteiger partial charge in [0.15, 0.2) is 0 Å². The number of hydrogen-bond donors (Lipinski definition) is 1. The molecular formula is C19H22N4O3. The van der Waals surface area contributed by atoms with E-state index in [2.05, 4.69) is 10.3 Å². The van der Waals surface area contributed by atoms with Crippen molar-refractivity contribution in [2.24, 2.45) is 0 Å². The SMILES string of the molecule is CN(Cc1cccnc1)C(=O)Nc1ccc(C(=O)N2CCOCC2)cc1. The minimum Gasteiger partial charge on any atom is -0.378 e. The van der Waals surface area contributed by atoms with Crippen molar-refractivity contribution in [3.05, 3.63) is 59.9 Å². The first kappa shape index (κ1) is 17.9. The summed E-state index contributed by atoms with van der Waals surface area (Å²) in [5.41, 5.74) is 2.21. The Morgan fingerprint density at radius 3 is 2.58 bits per heavy atom. The summed E-state index contributed by atoms with van der Waals surface area (Å²) in [6.45, 7) is 2.83. The highest BCUT2D eigenvalue weighted by Crippen LogP contribution is 2.13. The largest absolute Gasteiger partial charge is 0.378 e. The number of benzene rings is 1. The molecule has 1 aliphatic heterocycles. The van der Waals surface area contributed by atoms with E-state index in [1.807, 2.05) is 12.1 Å². The molecular weight excluding hydrogens is 332 g/mol. The van der Waals surface area contributed by atoms with E-state index < -0.39 is 0 Å². The Morgan fingerprint density at radius 2 is 1.92 bits per heavy atom. The van der Waals surface area contributed by atoms with Crippen LogP contribution < -0.4 is 5.32 Å². The standard InChI is InChI=1S/C19H22N4O3/c1-22(14-15-3-2-8-20-13-15)19(25)21-17-6-4-16(5-7-17)18(24)23-9-11-26-12-10-23/h2-8,13H,9-12,14H2,1H3,(H,21,25). The normalized spacial score (nSPS) is 14.0. The number of carbonyl (C=O) groups excluding carboxylic acids is 2. The molecule has 1 aromatic carbocycles. The summed E-state index contributed by atoms with van der Waals surface area (Å²) in [5, 5.41) is 2.83. The molecule has 2 aromatic rings. The molecule has 7 nitrogen and oxygen atoms in total. The van der Waals surface area contributed by atoms with Crippen molar-refractivity contribution in [3.8, 4) is 0 Å². The van der Waals surface area contributed by atoms with Gasteiger partial charge < -0.3 is 19.9 Å². The van der Waals surface area contributed by atoms with Crippen LogP contribution in [0.15, 0.2) is 48.8 Å². The fraction of sp³-hybridized carbons (Fsp3) is 0.316. The van der Waals surface area contributed by atoms with Crippen LogP contribution in [0, 0.1) is 0 Å². The van der Waals surface area contributed by atoms with Crippen LogP contribution in [-0.4, -0.2) is 60.1 Å². The van der Waals surface area contributed by atoms with Gasteiger partial charge in [0.1, 0.15) is 0 Å². The van der Waals surface area contributed by atoms with E-state index in [0.717, 1.165) is 5.56 Å². The van der Waals surface area contributed by atoms with E-state index in [-0.39, 0.29) is 11.9 Å². The maximum absolute atomic E-state index is 12.4. The maximum Gasteiger partial charge on any atom is 0.321 e. The fourth-order valence-corrected chi connectivity index (χ4v) is 2.70. The average Bonchev–Trinajstić information content (AvgIpc) is 2.69. The lowest BCUT2D eigenvalue weighted by Gasteiger charge is -2.26. The Bertz CT molecular complexity index is 743. The summed E-state index contributed by atoms with van der Waals surface area (Å²) in [5.74, 6) is -0.0140. The quantitative estimate of drug-likeness (QED) is 0.914. The van der Waals surface area contributed by atoms with Gasteiger partial charge in [-0.3, -0.25) is 9.78 Å². The van der Waals surface area contributed by atoms with Crippen LogP contribution in [0.3, 0.4) is 0 Å². The second-order valence-electron chi connectivity index (χ2n) is 6.13.